The van der Waals surface area contributed by atoms with Crippen molar-refractivity contribution in [3.63, 3.8) is 0 Å². The van der Waals surface area contributed by atoms with Crippen LogP contribution in [0.4, 0.5) is 0 Å². The van der Waals surface area contributed by atoms with E-state index in [0.717, 1.165) is 12.3 Å². The topological polar surface area (TPSA) is 58.6 Å². The fourth-order valence-electron chi connectivity index (χ4n) is 2.47. The Kier molecular flexibility index (Phi) is 2.49. The lowest BCUT2D eigenvalue weighted by molar-refractivity contribution is -0.146. The second kappa shape index (κ2) is 3.51. The van der Waals surface area contributed by atoms with E-state index in [1.807, 2.05) is 0 Å². The molecular weight excluding hydrogens is 182 g/mol. The number of carboxylic acid groups (broad SMARTS) is 1. The molecule has 2 rings (SSSR count). The van der Waals surface area contributed by atoms with Gasteiger partial charge in [0.1, 0.15) is 0 Å². The number of hydrogen-bond acceptors (Lipinski definition) is 3. The molecule has 5 atom stereocenters. The van der Waals surface area contributed by atoms with Crippen LogP contribution >= 0.6 is 0 Å². The zero-order valence-corrected chi connectivity index (χ0v) is 8.56. The third-order valence-corrected chi connectivity index (χ3v) is 3.46. The summed E-state index contributed by atoms with van der Waals surface area (Å²) in [6.45, 7) is 1.71. The number of methoxy groups -OCH3 is 1. The van der Waals surface area contributed by atoms with Gasteiger partial charge in [-0.3, -0.25) is 4.79 Å². The SMILES string of the molecule is COC(C(C)C(=O)O)[C@@H]1C[C@@H]2C[C@@H]2N1. The van der Waals surface area contributed by atoms with Gasteiger partial charge in [0.2, 0.25) is 0 Å². The van der Waals surface area contributed by atoms with Crippen molar-refractivity contribution in [3.8, 4) is 0 Å². The third kappa shape index (κ3) is 1.64. The van der Waals surface area contributed by atoms with Gasteiger partial charge in [0.25, 0.3) is 0 Å². The summed E-state index contributed by atoms with van der Waals surface area (Å²) in [6, 6.07) is 0.869. The number of rotatable bonds is 4. The minimum absolute atomic E-state index is 0.194. The summed E-state index contributed by atoms with van der Waals surface area (Å²) >= 11 is 0. The molecular formula is C10H17NO3. The van der Waals surface area contributed by atoms with Crippen LogP contribution in [-0.4, -0.2) is 36.4 Å². The third-order valence-electron chi connectivity index (χ3n) is 3.46. The number of piperidine rings is 1. The van der Waals surface area contributed by atoms with Crippen molar-refractivity contribution in [1.82, 2.24) is 5.32 Å². The lowest BCUT2D eigenvalue weighted by atomic mass is 9.95. The quantitative estimate of drug-likeness (QED) is 0.691. The van der Waals surface area contributed by atoms with E-state index in [0.29, 0.717) is 6.04 Å². The molecule has 4 nitrogen and oxygen atoms in total. The van der Waals surface area contributed by atoms with E-state index in [1.165, 1.54) is 6.42 Å². The average molecular weight is 199 g/mol. The summed E-state index contributed by atoms with van der Waals surface area (Å²) in [5, 5.41) is 12.3. The molecule has 1 saturated heterocycles. The van der Waals surface area contributed by atoms with Gasteiger partial charge in [-0.1, -0.05) is 0 Å². The van der Waals surface area contributed by atoms with Gasteiger partial charge in [-0.2, -0.15) is 0 Å². The van der Waals surface area contributed by atoms with Crippen LogP contribution in [0, 0.1) is 11.8 Å². The number of nitrogens with one attached hydrogen (secondary N) is 1. The number of carbonyl (C=O) groups is 1. The van der Waals surface area contributed by atoms with Crippen LogP contribution in [0.5, 0.6) is 0 Å². The molecule has 0 aromatic carbocycles. The Balaban J connectivity index is 1.95. The maximum Gasteiger partial charge on any atom is 0.308 e. The second-order valence-electron chi connectivity index (χ2n) is 4.44. The highest BCUT2D eigenvalue weighted by molar-refractivity contribution is 5.70. The summed E-state index contributed by atoms with van der Waals surface area (Å²) in [7, 11) is 1.59. The molecule has 2 aliphatic rings. The predicted molar refractivity (Wildman–Crippen MR) is 51.0 cm³/mol. The molecule has 1 saturated carbocycles. The predicted octanol–water partition coefficient (Wildman–Crippen LogP) is 0.472. The normalized spacial score (nSPS) is 38.9. The standard InChI is InChI=1S/C10H17NO3/c1-5(10(12)13)9(14-2)8-4-6-3-7(6)11-8/h5-9,11H,3-4H2,1-2H3,(H,12,13)/t5?,6-,7-,8-,9?/m0/s1. The zero-order chi connectivity index (χ0) is 10.3. The Morgan fingerprint density at radius 3 is 2.71 bits per heavy atom. The molecule has 0 amide bonds. The molecule has 1 heterocycles. The Labute approximate surface area is 83.6 Å². The molecule has 1 aliphatic heterocycles. The van der Waals surface area contributed by atoms with Crippen LogP contribution in [0.1, 0.15) is 19.8 Å². The van der Waals surface area contributed by atoms with Gasteiger partial charge in [-0.25, -0.2) is 0 Å². The minimum Gasteiger partial charge on any atom is -0.481 e. The lowest BCUT2D eigenvalue weighted by Gasteiger charge is -2.27. The molecule has 2 fully saturated rings. The van der Waals surface area contributed by atoms with Crippen LogP contribution < -0.4 is 5.32 Å². The summed E-state index contributed by atoms with van der Waals surface area (Å²) in [6.07, 6.45) is 2.13. The van der Waals surface area contributed by atoms with Crippen molar-refractivity contribution in [3.05, 3.63) is 0 Å². The average Bonchev–Trinajstić information content (AvgIpc) is 2.75. The van der Waals surface area contributed by atoms with Gasteiger partial charge in [0.05, 0.1) is 12.0 Å². The smallest absolute Gasteiger partial charge is 0.308 e. The molecule has 14 heavy (non-hydrogen) atoms. The van der Waals surface area contributed by atoms with E-state index in [-0.39, 0.29) is 12.1 Å². The summed E-state index contributed by atoms with van der Waals surface area (Å²) in [5.74, 6) is -0.437. The Hall–Kier alpha value is -0.610. The van der Waals surface area contributed by atoms with Gasteiger partial charge in [-0.05, 0) is 25.7 Å². The summed E-state index contributed by atoms with van der Waals surface area (Å²) in [4.78, 5) is 10.8. The van der Waals surface area contributed by atoms with E-state index in [9.17, 15) is 4.79 Å². The first-order valence-electron chi connectivity index (χ1n) is 5.15. The zero-order valence-electron chi connectivity index (χ0n) is 8.56. The van der Waals surface area contributed by atoms with Crippen molar-refractivity contribution < 1.29 is 14.6 Å². The van der Waals surface area contributed by atoms with Crippen molar-refractivity contribution in [2.45, 2.75) is 38.0 Å². The fourth-order valence-corrected chi connectivity index (χ4v) is 2.47. The van der Waals surface area contributed by atoms with E-state index >= 15 is 0 Å². The summed E-state index contributed by atoms with van der Waals surface area (Å²) in [5.41, 5.74) is 0. The van der Waals surface area contributed by atoms with Gasteiger partial charge in [-0.15, -0.1) is 0 Å². The largest absolute Gasteiger partial charge is 0.481 e. The molecule has 2 unspecified atom stereocenters. The Morgan fingerprint density at radius 1 is 1.57 bits per heavy atom. The molecule has 4 heteroatoms. The molecule has 80 valence electrons. The molecule has 0 aromatic heterocycles. The fraction of sp³-hybridized carbons (Fsp3) is 0.900. The van der Waals surface area contributed by atoms with Crippen LogP contribution in [0.25, 0.3) is 0 Å². The van der Waals surface area contributed by atoms with E-state index in [4.69, 9.17) is 9.84 Å². The number of hydrogen-bond donors (Lipinski definition) is 2. The highest BCUT2D eigenvalue weighted by Gasteiger charge is 2.49. The number of fused-ring (bicyclic) bond motifs is 1. The first-order valence-corrected chi connectivity index (χ1v) is 5.15. The van der Waals surface area contributed by atoms with Gasteiger partial charge < -0.3 is 15.2 Å². The highest BCUT2D eigenvalue weighted by atomic mass is 16.5. The Bertz CT molecular complexity index is 234. The van der Waals surface area contributed by atoms with Crippen LogP contribution in [0.3, 0.4) is 0 Å². The van der Waals surface area contributed by atoms with Crippen molar-refractivity contribution in [1.29, 1.82) is 0 Å². The second-order valence-corrected chi connectivity index (χ2v) is 4.44. The van der Waals surface area contributed by atoms with Gasteiger partial charge >= 0.3 is 5.97 Å². The van der Waals surface area contributed by atoms with Gasteiger partial charge in [0.15, 0.2) is 0 Å². The summed E-state index contributed by atoms with van der Waals surface area (Å²) < 4.78 is 5.28. The molecule has 0 spiro atoms. The first kappa shape index (κ1) is 9.93. The molecule has 2 N–H and O–H groups in total. The first-order chi connectivity index (χ1) is 6.63. The lowest BCUT2D eigenvalue weighted by Crippen LogP contribution is -2.44. The monoisotopic (exact) mass is 199 g/mol. The van der Waals surface area contributed by atoms with Crippen molar-refractivity contribution >= 4 is 5.97 Å². The van der Waals surface area contributed by atoms with Crippen LogP contribution in [0.15, 0.2) is 0 Å². The van der Waals surface area contributed by atoms with Crippen LogP contribution in [0.2, 0.25) is 0 Å². The molecule has 1 aliphatic carbocycles. The maximum atomic E-state index is 10.8. The van der Waals surface area contributed by atoms with E-state index < -0.39 is 11.9 Å². The van der Waals surface area contributed by atoms with Crippen molar-refractivity contribution in [2.75, 3.05) is 7.11 Å². The minimum atomic E-state index is -0.778. The number of aliphatic carboxylic acids is 1. The Morgan fingerprint density at radius 2 is 2.29 bits per heavy atom. The molecule has 0 bridgehead atoms. The van der Waals surface area contributed by atoms with Gasteiger partial charge in [0, 0.05) is 19.2 Å². The van der Waals surface area contributed by atoms with Crippen LogP contribution in [-0.2, 0) is 9.53 Å². The van der Waals surface area contributed by atoms with E-state index in [1.54, 1.807) is 14.0 Å². The molecule has 0 aromatic rings. The van der Waals surface area contributed by atoms with E-state index in [2.05, 4.69) is 5.32 Å². The number of carboxylic acids is 1. The highest BCUT2D eigenvalue weighted by Crippen LogP contribution is 2.42. The van der Waals surface area contributed by atoms with Crippen molar-refractivity contribution in [2.24, 2.45) is 11.8 Å². The maximum absolute atomic E-state index is 10.8. The molecule has 0 radical (unpaired) electrons. The number of ether oxygens (including phenoxy) is 1.